The number of nitrogens with zero attached hydrogens (tertiary/aromatic N) is 3. The first-order valence-corrected chi connectivity index (χ1v) is 8.31. The molecule has 0 saturated heterocycles. The molecule has 140 valence electrons. The molecule has 2 heterocycles. The SMILES string of the molecule is CCn1ccc(CNC(=O)c2ccc(COc3ccc([N+](=O)[O-])cc3)o2)n1. The third-order valence-corrected chi connectivity index (χ3v) is 3.76. The van der Waals surface area contributed by atoms with Crippen LogP contribution in [0.15, 0.2) is 53.1 Å². The number of carbonyl (C=O) groups excluding carboxylic acids is 1. The smallest absolute Gasteiger partial charge is 0.287 e. The van der Waals surface area contributed by atoms with Gasteiger partial charge in [-0.25, -0.2) is 0 Å². The van der Waals surface area contributed by atoms with Crippen LogP contribution in [0.1, 0.15) is 28.9 Å². The number of hydrogen-bond acceptors (Lipinski definition) is 6. The minimum Gasteiger partial charge on any atom is -0.486 e. The average molecular weight is 370 g/mol. The maximum absolute atomic E-state index is 12.1. The zero-order valence-corrected chi connectivity index (χ0v) is 14.6. The molecule has 9 nitrogen and oxygen atoms in total. The van der Waals surface area contributed by atoms with Gasteiger partial charge in [-0.15, -0.1) is 0 Å². The van der Waals surface area contributed by atoms with Crippen LogP contribution in [-0.2, 0) is 19.7 Å². The van der Waals surface area contributed by atoms with Crippen LogP contribution in [0.2, 0.25) is 0 Å². The lowest BCUT2D eigenvalue weighted by atomic mass is 10.3. The number of carbonyl (C=O) groups is 1. The minimum atomic E-state index is -0.478. The van der Waals surface area contributed by atoms with E-state index < -0.39 is 4.92 Å². The molecule has 1 aromatic carbocycles. The van der Waals surface area contributed by atoms with E-state index >= 15 is 0 Å². The lowest BCUT2D eigenvalue weighted by Crippen LogP contribution is -2.22. The van der Waals surface area contributed by atoms with Crippen molar-refractivity contribution in [2.45, 2.75) is 26.6 Å². The molecule has 3 rings (SSSR count). The first-order chi connectivity index (χ1) is 13.0. The zero-order valence-electron chi connectivity index (χ0n) is 14.6. The van der Waals surface area contributed by atoms with Gasteiger partial charge in [0.25, 0.3) is 11.6 Å². The lowest BCUT2D eigenvalue weighted by molar-refractivity contribution is -0.384. The van der Waals surface area contributed by atoms with Gasteiger partial charge in [-0.1, -0.05) is 0 Å². The van der Waals surface area contributed by atoms with Crippen LogP contribution in [0.25, 0.3) is 0 Å². The summed E-state index contributed by atoms with van der Waals surface area (Å²) in [5.41, 5.74) is 0.751. The Morgan fingerprint density at radius 1 is 1.26 bits per heavy atom. The van der Waals surface area contributed by atoms with Gasteiger partial charge in [0.05, 0.1) is 17.2 Å². The fraction of sp³-hybridized carbons (Fsp3) is 0.222. The van der Waals surface area contributed by atoms with Gasteiger partial charge in [-0.2, -0.15) is 5.10 Å². The summed E-state index contributed by atoms with van der Waals surface area (Å²) in [5, 5.41) is 17.7. The van der Waals surface area contributed by atoms with E-state index in [1.165, 1.54) is 24.3 Å². The lowest BCUT2D eigenvalue weighted by Gasteiger charge is -2.04. The van der Waals surface area contributed by atoms with E-state index in [9.17, 15) is 14.9 Å². The van der Waals surface area contributed by atoms with Crippen molar-refractivity contribution in [3.8, 4) is 5.75 Å². The highest BCUT2D eigenvalue weighted by Gasteiger charge is 2.12. The molecular formula is C18H18N4O5. The molecule has 0 spiro atoms. The zero-order chi connectivity index (χ0) is 19.2. The normalized spacial score (nSPS) is 10.6. The fourth-order valence-electron chi connectivity index (χ4n) is 2.33. The van der Waals surface area contributed by atoms with Crippen molar-refractivity contribution in [2.75, 3.05) is 0 Å². The molecule has 0 fully saturated rings. The molecule has 0 atom stereocenters. The summed E-state index contributed by atoms with van der Waals surface area (Å²) in [6.45, 7) is 3.16. The summed E-state index contributed by atoms with van der Waals surface area (Å²) in [6.07, 6.45) is 1.85. The second-order valence-corrected chi connectivity index (χ2v) is 5.65. The second kappa shape index (κ2) is 8.17. The number of rotatable bonds is 8. The molecule has 0 radical (unpaired) electrons. The molecule has 3 aromatic rings. The predicted molar refractivity (Wildman–Crippen MR) is 95.2 cm³/mol. The number of benzene rings is 1. The van der Waals surface area contributed by atoms with Gasteiger partial charge in [-0.3, -0.25) is 19.6 Å². The van der Waals surface area contributed by atoms with E-state index in [4.69, 9.17) is 9.15 Å². The molecular weight excluding hydrogens is 352 g/mol. The number of furan rings is 1. The van der Waals surface area contributed by atoms with Gasteiger partial charge in [-0.05, 0) is 37.3 Å². The highest BCUT2D eigenvalue weighted by atomic mass is 16.6. The van der Waals surface area contributed by atoms with Crippen LogP contribution in [0.5, 0.6) is 5.75 Å². The summed E-state index contributed by atoms with van der Waals surface area (Å²) >= 11 is 0. The summed E-state index contributed by atoms with van der Waals surface area (Å²) in [5.74, 6) is 0.762. The van der Waals surface area contributed by atoms with Crippen LogP contribution in [-0.4, -0.2) is 20.6 Å². The molecule has 0 bridgehead atoms. The van der Waals surface area contributed by atoms with Crippen LogP contribution < -0.4 is 10.1 Å². The third-order valence-electron chi connectivity index (χ3n) is 3.76. The Bertz CT molecular complexity index is 929. The van der Waals surface area contributed by atoms with Crippen molar-refractivity contribution < 1.29 is 18.9 Å². The number of ether oxygens (including phenoxy) is 1. The van der Waals surface area contributed by atoms with Crippen molar-refractivity contribution in [1.29, 1.82) is 0 Å². The Balaban J connectivity index is 1.51. The van der Waals surface area contributed by atoms with E-state index in [1.54, 1.807) is 16.8 Å². The van der Waals surface area contributed by atoms with Gasteiger partial charge >= 0.3 is 0 Å². The Labute approximate surface area is 154 Å². The third kappa shape index (κ3) is 4.72. The Hall–Kier alpha value is -3.62. The van der Waals surface area contributed by atoms with E-state index in [1.807, 2.05) is 19.2 Å². The fourth-order valence-corrected chi connectivity index (χ4v) is 2.33. The Morgan fingerprint density at radius 3 is 2.70 bits per heavy atom. The van der Waals surface area contributed by atoms with Crippen LogP contribution >= 0.6 is 0 Å². The number of nitro groups is 1. The standard InChI is InChI=1S/C18H18N4O5/c1-2-21-10-9-13(20-21)11-19-18(23)17-8-7-16(27-17)12-26-15-5-3-14(4-6-15)22(24)25/h3-10H,2,11-12H2,1H3,(H,19,23). The summed E-state index contributed by atoms with van der Waals surface area (Å²) < 4.78 is 12.8. The van der Waals surface area contributed by atoms with Gasteiger partial charge in [0.2, 0.25) is 0 Å². The number of nitro benzene ring substituents is 1. The van der Waals surface area contributed by atoms with Gasteiger partial charge in [0, 0.05) is 24.9 Å². The van der Waals surface area contributed by atoms with Crippen molar-refractivity contribution >= 4 is 11.6 Å². The topological polar surface area (TPSA) is 112 Å². The summed E-state index contributed by atoms with van der Waals surface area (Å²) in [4.78, 5) is 22.3. The van der Waals surface area contributed by atoms with E-state index in [0.717, 1.165) is 12.2 Å². The van der Waals surface area contributed by atoms with E-state index in [0.29, 0.717) is 18.1 Å². The molecule has 27 heavy (non-hydrogen) atoms. The maximum Gasteiger partial charge on any atom is 0.287 e. The first-order valence-electron chi connectivity index (χ1n) is 8.31. The Morgan fingerprint density at radius 2 is 2.04 bits per heavy atom. The van der Waals surface area contributed by atoms with Gasteiger partial charge < -0.3 is 14.5 Å². The quantitative estimate of drug-likeness (QED) is 0.482. The van der Waals surface area contributed by atoms with Gasteiger partial charge in [0.1, 0.15) is 18.1 Å². The molecule has 1 N–H and O–H groups in total. The molecule has 0 unspecified atom stereocenters. The number of amides is 1. The molecule has 0 saturated carbocycles. The van der Waals surface area contributed by atoms with Crippen LogP contribution in [0, 0.1) is 10.1 Å². The molecule has 9 heteroatoms. The number of aryl methyl sites for hydroxylation is 1. The van der Waals surface area contributed by atoms with E-state index in [2.05, 4.69) is 10.4 Å². The average Bonchev–Trinajstić information content (AvgIpc) is 3.34. The largest absolute Gasteiger partial charge is 0.486 e. The number of non-ortho nitro benzene ring substituents is 1. The van der Waals surface area contributed by atoms with Crippen molar-refractivity contribution in [3.63, 3.8) is 0 Å². The van der Waals surface area contributed by atoms with E-state index in [-0.39, 0.29) is 24.0 Å². The molecule has 0 aliphatic carbocycles. The second-order valence-electron chi connectivity index (χ2n) is 5.65. The van der Waals surface area contributed by atoms with Crippen molar-refractivity contribution in [2.24, 2.45) is 0 Å². The van der Waals surface area contributed by atoms with Crippen molar-refractivity contribution in [3.05, 3.63) is 76.0 Å². The molecule has 1 amide bonds. The summed E-state index contributed by atoms with van der Waals surface area (Å²) in [7, 11) is 0. The number of hydrogen-bond donors (Lipinski definition) is 1. The summed E-state index contributed by atoms with van der Waals surface area (Å²) in [6, 6.07) is 10.8. The minimum absolute atomic E-state index is 0.0110. The molecule has 0 aliphatic heterocycles. The Kier molecular flexibility index (Phi) is 5.50. The number of aromatic nitrogens is 2. The maximum atomic E-state index is 12.1. The highest BCUT2D eigenvalue weighted by molar-refractivity contribution is 5.91. The highest BCUT2D eigenvalue weighted by Crippen LogP contribution is 2.19. The predicted octanol–water partition coefficient (Wildman–Crippen LogP) is 2.91. The molecule has 2 aromatic heterocycles. The number of nitrogens with one attached hydrogen (secondary N) is 1. The van der Waals surface area contributed by atoms with Crippen LogP contribution in [0.3, 0.4) is 0 Å². The van der Waals surface area contributed by atoms with Gasteiger partial charge in [0.15, 0.2) is 5.76 Å². The van der Waals surface area contributed by atoms with Crippen LogP contribution in [0.4, 0.5) is 5.69 Å². The monoisotopic (exact) mass is 370 g/mol. The molecule has 0 aliphatic rings. The first kappa shape index (κ1) is 18.2. The van der Waals surface area contributed by atoms with Crippen molar-refractivity contribution in [1.82, 2.24) is 15.1 Å².